The van der Waals surface area contributed by atoms with Gasteiger partial charge in [-0.25, -0.2) is 18.9 Å². The Kier molecular flexibility index (Phi) is 8.45. The smallest absolute Gasteiger partial charge is 0.335 e. The maximum Gasteiger partial charge on any atom is 0.335 e. The van der Waals surface area contributed by atoms with Gasteiger partial charge in [0, 0.05) is 48.9 Å². The Labute approximate surface area is 258 Å². The molecule has 0 spiro atoms. The number of nitrogens with zero attached hydrogens (tertiary/aromatic N) is 8. The Morgan fingerprint density at radius 1 is 1.11 bits per heavy atom. The Hall–Kier alpha value is -4.55. The number of fused-ring (bicyclic) bond motifs is 1. The number of piperazine rings is 1. The second-order valence-corrected chi connectivity index (χ2v) is 11.2. The number of halogens is 2. The van der Waals surface area contributed by atoms with Gasteiger partial charge < -0.3 is 19.3 Å². The third-order valence-electron chi connectivity index (χ3n) is 7.92. The minimum atomic E-state index is -0.980. The largest absolute Gasteiger partial charge is 0.478 e. The van der Waals surface area contributed by atoms with Gasteiger partial charge in [-0.1, -0.05) is 28.9 Å². The molecule has 0 radical (unpaired) electrons. The van der Waals surface area contributed by atoms with Crippen LogP contribution in [0.4, 0.5) is 10.2 Å². The first-order chi connectivity index (χ1) is 21.3. The lowest BCUT2D eigenvalue weighted by atomic mass is 10.2. The van der Waals surface area contributed by atoms with E-state index in [9.17, 15) is 14.3 Å². The van der Waals surface area contributed by atoms with E-state index in [0.717, 1.165) is 48.0 Å². The van der Waals surface area contributed by atoms with Crippen LogP contribution in [0.25, 0.3) is 11.0 Å². The summed E-state index contributed by atoms with van der Waals surface area (Å²) in [4.78, 5) is 25.9. The zero-order valence-corrected chi connectivity index (χ0v) is 25.2. The molecule has 0 saturated carbocycles. The van der Waals surface area contributed by atoms with E-state index in [2.05, 4.69) is 36.6 Å². The first-order valence-electron chi connectivity index (χ1n) is 14.4. The average molecular weight is 619 g/mol. The number of ether oxygens (including phenoxy) is 1. The molecule has 1 atom stereocenters. The summed E-state index contributed by atoms with van der Waals surface area (Å²) >= 11 is 5.86. The van der Waals surface area contributed by atoms with Crippen molar-refractivity contribution in [2.45, 2.75) is 46.1 Å². The van der Waals surface area contributed by atoms with Gasteiger partial charge in [0.1, 0.15) is 24.1 Å². The van der Waals surface area contributed by atoms with Crippen molar-refractivity contribution in [2.24, 2.45) is 0 Å². The van der Waals surface area contributed by atoms with Crippen molar-refractivity contribution in [1.82, 2.24) is 34.4 Å². The number of aryl methyl sites for hydroxylation is 1. The van der Waals surface area contributed by atoms with E-state index >= 15 is 0 Å². The summed E-state index contributed by atoms with van der Waals surface area (Å²) < 4.78 is 23.9. The molecule has 1 N–H and O–H groups in total. The second kappa shape index (κ2) is 12.6. The fourth-order valence-corrected chi connectivity index (χ4v) is 5.66. The third-order valence-corrected chi connectivity index (χ3v) is 8.16. The molecule has 1 saturated heterocycles. The molecule has 13 heteroatoms. The van der Waals surface area contributed by atoms with Crippen LogP contribution < -0.4 is 9.64 Å². The average Bonchev–Trinajstić information content (AvgIpc) is 3.61. The van der Waals surface area contributed by atoms with Crippen molar-refractivity contribution in [3.05, 3.63) is 94.3 Å². The van der Waals surface area contributed by atoms with E-state index in [0.29, 0.717) is 36.1 Å². The normalized spacial score (nSPS) is 15.6. The van der Waals surface area contributed by atoms with Crippen LogP contribution in [-0.4, -0.2) is 71.2 Å². The number of pyridine rings is 1. The van der Waals surface area contributed by atoms with Gasteiger partial charge in [-0.3, -0.25) is 4.90 Å². The standard InChI is InChI=1S/C31H32ClFN8O3/c1-3-41-24(15-34-37-41)17-40-27-13-21(31(42)43)8-10-26(27)35-29(40)18-38-11-12-39(16-20(38)2)28-5-4-6-30(36-28)44-19-22-7-9-23(32)14-25(22)33/h4-10,13-15,20H,3,11-12,16-19H2,1-2H3,(H,42,43)/t20-/m0/s1. The Morgan fingerprint density at radius 2 is 1.98 bits per heavy atom. The Morgan fingerprint density at radius 3 is 2.75 bits per heavy atom. The van der Waals surface area contributed by atoms with Crippen LogP contribution in [0.2, 0.25) is 5.02 Å². The molecular formula is C31H32ClFN8O3. The summed E-state index contributed by atoms with van der Waals surface area (Å²) in [6.45, 7) is 8.20. The fourth-order valence-electron chi connectivity index (χ4n) is 5.50. The van der Waals surface area contributed by atoms with E-state index in [4.69, 9.17) is 21.3 Å². The molecule has 11 nitrogen and oxygen atoms in total. The molecule has 1 aliphatic rings. The van der Waals surface area contributed by atoms with Crippen molar-refractivity contribution in [1.29, 1.82) is 0 Å². The van der Waals surface area contributed by atoms with Crippen LogP contribution in [0, 0.1) is 5.82 Å². The predicted molar refractivity (Wildman–Crippen MR) is 164 cm³/mol. The minimum absolute atomic E-state index is 0.0493. The van der Waals surface area contributed by atoms with Crippen LogP contribution >= 0.6 is 11.6 Å². The molecule has 4 heterocycles. The molecule has 6 rings (SSSR count). The van der Waals surface area contributed by atoms with E-state index in [1.54, 1.807) is 42.6 Å². The van der Waals surface area contributed by atoms with Gasteiger partial charge in [0.15, 0.2) is 0 Å². The van der Waals surface area contributed by atoms with E-state index in [1.807, 2.05) is 23.7 Å². The number of anilines is 1. The SMILES string of the molecule is CCn1nncc1Cn1c(CN2CCN(c3cccc(OCc4ccc(Cl)cc4F)n3)C[C@@H]2C)nc2ccc(C(=O)O)cc21. The van der Waals surface area contributed by atoms with Gasteiger partial charge >= 0.3 is 5.97 Å². The van der Waals surface area contributed by atoms with Gasteiger partial charge in [-0.05, 0) is 50.2 Å². The number of carbonyl (C=O) groups is 1. The molecule has 44 heavy (non-hydrogen) atoms. The molecule has 2 aromatic carbocycles. The summed E-state index contributed by atoms with van der Waals surface area (Å²) in [6.07, 6.45) is 1.73. The summed E-state index contributed by atoms with van der Waals surface area (Å²) in [7, 11) is 0. The number of carboxylic acid groups (broad SMARTS) is 1. The quantitative estimate of drug-likeness (QED) is 0.234. The van der Waals surface area contributed by atoms with Gasteiger partial charge in [0.05, 0.1) is 41.6 Å². The highest BCUT2D eigenvalue weighted by Crippen LogP contribution is 2.25. The summed E-state index contributed by atoms with van der Waals surface area (Å²) in [5, 5.41) is 18.2. The summed E-state index contributed by atoms with van der Waals surface area (Å²) in [5.41, 5.74) is 3.04. The molecule has 5 aromatic rings. The molecule has 0 amide bonds. The maximum absolute atomic E-state index is 14.2. The molecular weight excluding hydrogens is 587 g/mol. The fraction of sp³-hybridized carbons (Fsp3) is 0.323. The molecule has 0 bridgehead atoms. The summed E-state index contributed by atoms with van der Waals surface area (Å²) in [6, 6.07) is 15.3. The van der Waals surface area contributed by atoms with E-state index in [-0.39, 0.29) is 18.2 Å². The highest BCUT2D eigenvalue weighted by molar-refractivity contribution is 6.30. The molecule has 0 aliphatic carbocycles. The Balaban J connectivity index is 1.17. The highest BCUT2D eigenvalue weighted by atomic mass is 35.5. The number of aromatic nitrogens is 6. The molecule has 228 valence electrons. The minimum Gasteiger partial charge on any atom is -0.478 e. The maximum atomic E-state index is 14.2. The zero-order chi connectivity index (χ0) is 30.8. The Bertz CT molecular complexity index is 1810. The van der Waals surface area contributed by atoms with Crippen molar-refractivity contribution < 1.29 is 19.0 Å². The predicted octanol–water partition coefficient (Wildman–Crippen LogP) is 4.87. The number of rotatable bonds is 10. The van der Waals surface area contributed by atoms with Crippen molar-refractivity contribution in [3.63, 3.8) is 0 Å². The van der Waals surface area contributed by atoms with Crippen LogP contribution in [0.3, 0.4) is 0 Å². The van der Waals surface area contributed by atoms with Crippen molar-refractivity contribution >= 4 is 34.4 Å². The molecule has 3 aromatic heterocycles. The van der Waals surface area contributed by atoms with Crippen LogP contribution in [0.1, 0.15) is 41.3 Å². The highest BCUT2D eigenvalue weighted by Gasteiger charge is 2.27. The topological polar surface area (TPSA) is 114 Å². The van der Waals surface area contributed by atoms with Crippen LogP contribution in [0.5, 0.6) is 5.88 Å². The monoisotopic (exact) mass is 618 g/mol. The number of imidazole rings is 1. The van der Waals surface area contributed by atoms with Gasteiger partial charge in [-0.15, -0.1) is 5.10 Å². The van der Waals surface area contributed by atoms with Gasteiger partial charge in [-0.2, -0.15) is 4.98 Å². The van der Waals surface area contributed by atoms with Gasteiger partial charge in [0.2, 0.25) is 5.88 Å². The lowest BCUT2D eigenvalue weighted by Crippen LogP contribution is -2.52. The number of carboxylic acids is 1. The van der Waals surface area contributed by atoms with Crippen LogP contribution in [0.15, 0.2) is 60.8 Å². The van der Waals surface area contributed by atoms with Gasteiger partial charge in [0.25, 0.3) is 0 Å². The molecule has 0 unspecified atom stereocenters. The van der Waals surface area contributed by atoms with E-state index in [1.165, 1.54) is 6.07 Å². The third kappa shape index (κ3) is 6.22. The molecule has 1 fully saturated rings. The first-order valence-corrected chi connectivity index (χ1v) is 14.8. The number of aromatic carboxylic acids is 1. The lowest BCUT2D eigenvalue weighted by molar-refractivity contribution is 0.0697. The van der Waals surface area contributed by atoms with Crippen molar-refractivity contribution in [3.8, 4) is 5.88 Å². The van der Waals surface area contributed by atoms with Crippen molar-refractivity contribution in [2.75, 3.05) is 24.5 Å². The lowest BCUT2D eigenvalue weighted by Gasteiger charge is -2.40. The molecule has 1 aliphatic heterocycles. The van der Waals surface area contributed by atoms with Crippen LogP contribution in [-0.2, 0) is 26.2 Å². The number of hydrogen-bond donors (Lipinski definition) is 1. The number of benzene rings is 2. The second-order valence-electron chi connectivity index (χ2n) is 10.8. The van der Waals surface area contributed by atoms with E-state index < -0.39 is 11.8 Å². The summed E-state index contributed by atoms with van der Waals surface area (Å²) in [5.74, 6) is 0.657. The zero-order valence-electron chi connectivity index (χ0n) is 24.4. The number of hydrogen-bond acceptors (Lipinski definition) is 8. The first kappa shape index (κ1) is 29.5.